The van der Waals surface area contributed by atoms with Crippen molar-refractivity contribution in [1.82, 2.24) is 0 Å². The van der Waals surface area contributed by atoms with Crippen molar-refractivity contribution in [2.75, 3.05) is 0 Å². The molecular formula is C42H42O12. The summed E-state index contributed by atoms with van der Waals surface area (Å²) in [6, 6.07) is 20.0. The first kappa shape index (κ1) is 40.5. The van der Waals surface area contributed by atoms with E-state index in [1.807, 2.05) is 13.8 Å². The van der Waals surface area contributed by atoms with Gasteiger partial charge in [-0.05, 0) is 71.5 Å². The molecule has 0 spiro atoms. The molecule has 54 heavy (non-hydrogen) atoms. The molecule has 0 aromatic heterocycles. The molecular weight excluding hydrogens is 696 g/mol. The van der Waals surface area contributed by atoms with Crippen LogP contribution in [0.15, 0.2) is 72.8 Å². The number of hydrogen-bond acceptors (Lipinski definition) is 12. The van der Waals surface area contributed by atoms with E-state index >= 15 is 0 Å². The largest absolute Gasteiger partial charge is 0.427 e. The third-order valence-electron chi connectivity index (χ3n) is 8.38. The zero-order chi connectivity index (χ0) is 39.9. The Balaban J connectivity index is 2.08. The van der Waals surface area contributed by atoms with Crippen LogP contribution in [0.3, 0.4) is 0 Å². The van der Waals surface area contributed by atoms with Crippen LogP contribution >= 0.6 is 0 Å². The van der Waals surface area contributed by atoms with E-state index in [2.05, 4.69) is 0 Å². The molecule has 0 aliphatic heterocycles. The lowest BCUT2D eigenvalue weighted by Gasteiger charge is -2.32. The molecule has 4 aromatic rings. The molecule has 4 rings (SSSR count). The Bertz CT molecular complexity index is 2080. The number of carbonyl (C=O) groups is 6. The molecule has 0 bridgehead atoms. The smallest absolute Gasteiger partial charge is 0.308 e. The SMILES string of the molecule is CC(=O)Oc1ccc([C@@H](C)c2c(OC(C)=O)cc(OC(C)=O)cc2[C@H](C)[C@H](c2ccc(OC(C)=O)cc2)c2c(C)cc(OC(C)=O)cc2OC(C)=O)cc1. The number of ether oxygens (including phenoxy) is 6. The summed E-state index contributed by atoms with van der Waals surface area (Å²) >= 11 is 0. The van der Waals surface area contributed by atoms with E-state index in [1.165, 1.54) is 53.7 Å². The van der Waals surface area contributed by atoms with Gasteiger partial charge in [0.05, 0.1) is 0 Å². The van der Waals surface area contributed by atoms with Crippen LogP contribution in [0.2, 0.25) is 0 Å². The molecule has 0 radical (unpaired) electrons. The summed E-state index contributed by atoms with van der Waals surface area (Å²) in [6.45, 7) is 13.2. The first-order chi connectivity index (χ1) is 25.4. The maximum atomic E-state index is 12.6. The normalized spacial score (nSPS) is 12.4. The lowest BCUT2D eigenvalue weighted by Crippen LogP contribution is -2.18. The molecule has 12 nitrogen and oxygen atoms in total. The van der Waals surface area contributed by atoms with Crippen LogP contribution in [-0.4, -0.2) is 35.8 Å². The van der Waals surface area contributed by atoms with Gasteiger partial charge in [-0.3, -0.25) is 28.8 Å². The van der Waals surface area contributed by atoms with E-state index < -0.39 is 53.6 Å². The molecule has 282 valence electrons. The van der Waals surface area contributed by atoms with Gasteiger partial charge in [0.2, 0.25) is 0 Å². The van der Waals surface area contributed by atoms with Gasteiger partial charge in [-0.15, -0.1) is 0 Å². The van der Waals surface area contributed by atoms with Gasteiger partial charge < -0.3 is 28.4 Å². The zero-order valence-corrected chi connectivity index (χ0v) is 31.6. The molecule has 0 unspecified atom stereocenters. The quantitative estimate of drug-likeness (QED) is 0.104. The van der Waals surface area contributed by atoms with Crippen molar-refractivity contribution < 1.29 is 57.2 Å². The summed E-state index contributed by atoms with van der Waals surface area (Å²) in [5.74, 6) is -3.83. The van der Waals surface area contributed by atoms with Crippen LogP contribution in [0, 0.1) is 6.92 Å². The van der Waals surface area contributed by atoms with E-state index in [0.29, 0.717) is 39.3 Å². The average Bonchev–Trinajstić information content (AvgIpc) is 3.05. The number of carbonyl (C=O) groups excluding carboxylic acids is 6. The molecule has 0 saturated heterocycles. The number of esters is 6. The summed E-state index contributed by atoms with van der Waals surface area (Å²) in [5, 5.41) is 0. The van der Waals surface area contributed by atoms with E-state index in [9.17, 15) is 28.8 Å². The Labute approximate surface area is 313 Å². The first-order valence-corrected chi connectivity index (χ1v) is 17.1. The fourth-order valence-electron chi connectivity index (χ4n) is 6.47. The highest BCUT2D eigenvalue weighted by molar-refractivity contribution is 5.75. The minimum absolute atomic E-state index is 0.118. The third-order valence-corrected chi connectivity index (χ3v) is 8.38. The monoisotopic (exact) mass is 738 g/mol. The maximum absolute atomic E-state index is 12.6. The van der Waals surface area contributed by atoms with Gasteiger partial charge in [0, 0.05) is 76.6 Å². The van der Waals surface area contributed by atoms with Gasteiger partial charge in [0.1, 0.15) is 34.5 Å². The van der Waals surface area contributed by atoms with E-state index in [-0.39, 0.29) is 23.0 Å². The molecule has 3 atom stereocenters. The molecule has 0 aliphatic rings. The predicted octanol–water partition coefficient (Wildman–Crippen LogP) is 7.63. The summed E-state index contributed by atoms with van der Waals surface area (Å²) in [5.41, 5.74) is 3.83. The summed E-state index contributed by atoms with van der Waals surface area (Å²) in [7, 11) is 0. The third kappa shape index (κ3) is 10.4. The van der Waals surface area contributed by atoms with Gasteiger partial charge in [-0.25, -0.2) is 0 Å². The summed E-state index contributed by atoms with van der Waals surface area (Å²) in [4.78, 5) is 72.7. The average molecular weight is 739 g/mol. The van der Waals surface area contributed by atoms with Crippen molar-refractivity contribution >= 4 is 35.8 Å². The highest BCUT2D eigenvalue weighted by Gasteiger charge is 2.33. The second-order valence-electron chi connectivity index (χ2n) is 12.8. The van der Waals surface area contributed by atoms with Gasteiger partial charge in [0.25, 0.3) is 0 Å². The Kier molecular flexibility index (Phi) is 13.1. The first-order valence-electron chi connectivity index (χ1n) is 17.1. The number of hydrogen-bond donors (Lipinski definition) is 0. The zero-order valence-electron chi connectivity index (χ0n) is 31.6. The summed E-state index contributed by atoms with van der Waals surface area (Å²) in [6.07, 6.45) is 0. The van der Waals surface area contributed by atoms with Crippen LogP contribution in [0.1, 0.15) is 107 Å². The fourth-order valence-corrected chi connectivity index (χ4v) is 6.47. The van der Waals surface area contributed by atoms with Crippen molar-refractivity contribution in [1.29, 1.82) is 0 Å². The van der Waals surface area contributed by atoms with Gasteiger partial charge in [-0.2, -0.15) is 0 Å². The molecule has 0 saturated carbocycles. The summed E-state index contributed by atoms with van der Waals surface area (Å²) < 4.78 is 33.1. The second kappa shape index (κ2) is 17.5. The molecule has 0 heterocycles. The van der Waals surface area contributed by atoms with E-state index in [0.717, 1.165) is 5.56 Å². The minimum Gasteiger partial charge on any atom is -0.427 e. The van der Waals surface area contributed by atoms with Crippen molar-refractivity contribution in [3.05, 3.63) is 106 Å². The standard InChI is InChI=1S/C42H42O12/c1-22-18-35(51-27(6)45)20-38(53-29(8)47)40(22)41(32-12-16-34(17-13-32)50-26(5)44)24(3)37-19-36(52-28(7)46)21-39(54-30(9)48)42(37)23(2)31-10-14-33(15-11-31)49-25(4)43/h10-21,23-24,41H,1-9H3/t23-,24+,41-/m1/s1. The molecule has 12 heteroatoms. The van der Waals surface area contributed by atoms with E-state index in [4.69, 9.17) is 28.4 Å². The minimum atomic E-state index is -0.646. The van der Waals surface area contributed by atoms with Crippen molar-refractivity contribution in [2.24, 2.45) is 0 Å². The predicted molar refractivity (Wildman–Crippen MR) is 196 cm³/mol. The van der Waals surface area contributed by atoms with Crippen LogP contribution in [-0.2, 0) is 28.8 Å². The van der Waals surface area contributed by atoms with Crippen LogP contribution in [0.4, 0.5) is 0 Å². The Morgan fingerprint density at radius 2 is 0.815 bits per heavy atom. The molecule has 0 aliphatic carbocycles. The lowest BCUT2D eigenvalue weighted by atomic mass is 9.73. The van der Waals surface area contributed by atoms with Crippen LogP contribution < -0.4 is 28.4 Å². The molecule has 0 N–H and O–H groups in total. The number of benzene rings is 4. The van der Waals surface area contributed by atoms with Gasteiger partial charge in [0.15, 0.2) is 0 Å². The second-order valence-corrected chi connectivity index (χ2v) is 12.8. The highest BCUT2D eigenvalue weighted by Crippen LogP contribution is 2.50. The fraction of sp³-hybridized carbons (Fsp3) is 0.286. The topological polar surface area (TPSA) is 158 Å². The van der Waals surface area contributed by atoms with E-state index in [1.54, 1.807) is 67.6 Å². The Morgan fingerprint density at radius 1 is 0.444 bits per heavy atom. The maximum Gasteiger partial charge on any atom is 0.308 e. The van der Waals surface area contributed by atoms with Crippen molar-refractivity contribution in [3.8, 4) is 34.5 Å². The molecule has 0 fully saturated rings. The Hall–Kier alpha value is -6.30. The molecule has 4 aromatic carbocycles. The molecule has 0 amide bonds. The van der Waals surface area contributed by atoms with Crippen molar-refractivity contribution in [2.45, 2.75) is 80.1 Å². The Morgan fingerprint density at radius 3 is 1.24 bits per heavy atom. The van der Waals surface area contributed by atoms with Crippen LogP contribution in [0.5, 0.6) is 34.5 Å². The lowest BCUT2D eigenvalue weighted by molar-refractivity contribution is -0.133. The van der Waals surface area contributed by atoms with Crippen LogP contribution in [0.25, 0.3) is 0 Å². The van der Waals surface area contributed by atoms with Gasteiger partial charge in [-0.1, -0.05) is 38.1 Å². The number of aryl methyl sites for hydroxylation is 1. The van der Waals surface area contributed by atoms with Crippen molar-refractivity contribution in [3.63, 3.8) is 0 Å². The number of rotatable bonds is 12. The highest BCUT2D eigenvalue weighted by atomic mass is 16.6. The van der Waals surface area contributed by atoms with Gasteiger partial charge >= 0.3 is 35.8 Å².